The summed E-state index contributed by atoms with van der Waals surface area (Å²) < 4.78 is 11.1. The number of hydrogen-bond donors (Lipinski definition) is 1. The lowest BCUT2D eigenvalue weighted by molar-refractivity contribution is -0.120. The molecule has 2 nitrogen and oxygen atoms in total. The third-order valence-corrected chi connectivity index (χ3v) is 2.17. The summed E-state index contributed by atoms with van der Waals surface area (Å²) in [6.07, 6.45) is 0. The highest BCUT2D eigenvalue weighted by atomic mass is 35.6. The minimum absolute atomic E-state index is 0.0145. The van der Waals surface area contributed by atoms with Gasteiger partial charge >= 0.3 is 0 Å². The molecular weight excluding hydrogens is 263 g/mol. The molecule has 0 aliphatic rings. The molecule has 0 unspecified atom stereocenters. The first-order chi connectivity index (χ1) is 6.91. The molecule has 1 aromatic rings. The summed E-state index contributed by atoms with van der Waals surface area (Å²) >= 11 is 15.9. The third kappa shape index (κ3) is 3.86. The zero-order valence-electron chi connectivity index (χ0n) is 7.44. The van der Waals surface area contributed by atoms with Crippen LogP contribution in [0.2, 0.25) is 0 Å². The number of nitrogens with one attached hydrogen (secondary N) is 1. The first kappa shape index (κ1) is 12.6. The average molecular weight is 271 g/mol. The average Bonchev–Trinajstić information content (AvgIpc) is 2.14. The predicted molar refractivity (Wildman–Crippen MR) is 58.5 cm³/mol. The number of alkyl halides is 3. The second kappa shape index (κ2) is 5.01. The zero-order chi connectivity index (χ0) is 11.5. The van der Waals surface area contributed by atoms with E-state index in [4.69, 9.17) is 34.8 Å². The first-order valence-electron chi connectivity index (χ1n) is 3.99. The Kier molecular flexibility index (Phi) is 4.20. The molecule has 1 rings (SSSR count). The molecule has 0 atom stereocenters. The Hall–Kier alpha value is -0.510. The van der Waals surface area contributed by atoms with Crippen molar-refractivity contribution in [2.24, 2.45) is 0 Å². The minimum Gasteiger partial charge on any atom is -0.348 e. The van der Waals surface area contributed by atoms with Crippen LogP contribution in [0.25, 0.3) is 0 Å². The van der Waals surface area contributed by atoms with E-state index in [0.29, 0.717) is 5.56 Å². The lowest BCUT2D eigenvalue weighted by Crippen LogP contribution is -2.34. The van der Waals surface area contributed by atoms with Gasteiger partial charge in [-0.25, -0.2) is 4.39 Å². The number of benzene rings is 1. The monoisotopic (exact) mass is 269 g/mol. The van der Waals surface area contributed by atoms with Crippen molar-refractivity contribution in [2.75, 3.05) is 0 Å². The van der Waals surface area contributed by atoms with Gasteiger partial charge < -0.3 is 5.32 Å². The van der Waals surface area contributed by atoms with Crippen molar-refractivity contribution in [3.8, 4) is 0 Å². The Morgan fingerprint density at radius 1 is 1.33 bits per heavy atom. The van der Waals surface area contributed by atoms with Gasteiger partial charge in [0.25, 0.3) is 9.70 Å². The Labute approximate surface area is 101 Å². The predicted octanol–water partition coefficient (Wildman–Crippen LogP) is 2.81. The standard InChI is InChI=1S/C9H7Cl3FNO/c10-9(11,12)8(15)14-5-6-3-1-2-4-7(6)13/h1-4H,5H2,(H,14,15). The maximum Gasteiger partial charge on any atom is 0.272 e. The van der Waals surface area contributed by atoms with Crippen molar-refractivity contribution in [3.63, 3.8) is 0 Å². The van der Waals surface area contributed by atoms with E-state index < -0.39 is 15.5 Å². The molecule has 15 heavy (non-hydrogen) atoms. The molecule has 0 saturated heterocycles. The SMILES string of the molecule is O=C(NCc1ccccc1F)C(Cl)(Cl)Cl. The molecular formula is C9H7Cl3FNO. The molecule has 0 aliphatic heterocycles. The molecule has 1 N–H and O–H groups in total. The van der Waals surface area contributed by atoms with Gasteiger partial charge in [0, 0.05) is 12.1 Å². The van der Waals surface area contributed by atoms with Crippen LogP contribution in [0, 0.1) is 5.82 Å². The fraction of sp³-hybridized carbons (Fsp3) is 0.222. The summed E-state index contributed by atoms with van der Waals surface area (Å²) in [5.74, 6) is -1.20. The lowest BCUT2D eigenvalue weighted by Gasteiger charge is -2.11. The van der Waals surface area contributed by atoms with Gasteiger partial charge in [-0.3, -0.25) is 4.79 Å². The van der Waals surface area contributed by atoms with Crippen LogP contribution in [0.4, 0.5) is 4.39 Å². The quantitative estimate of drug-likeness (QED) is 0.823. The Morgan fingerprint density at radius 2 is 1.93 bits per heavy atom. The number of hydrogen-bond acceptors (Lipinski definition) is 1. The van der Waals surface area contributed by atoms with Crippen molar-refractivity contribution < 1.29 is 9.18 Å². The van der Waals surface area contributed by atoms with E-state index in [1.54, 1.807) is 12.1 Å². The highest BCUT2D eigenvalue weighted by molar-refractivity contribution is 6.76. The molecule has 6 heteroatoms. The Balaban J connectivity index is 2.59. The van der Waals surface area contributed by atoms with Crippen LogP contribution in [0.3, 0.4) is 0 Å². The van der Waals surface area contributed by atoms with Crippen LogP contribution in [0.15, 0.2) is 24.3 Å². The molecule has 0 fully saturated rings. The normalized spacial score (nSPS) is 11.2. The molecule has 0 bridgehead atoms. The van der Waals surface area contributed by atoms with Crippen LogP contribution < -0.4 is 5.32 Å². The fourth-order valence-corrected chi connectivity index (χ4v) is 1.12. The smallest absolute Gasteiger partial charge is 0.272 e. The second-order valence-corrected chi connectivity index (χ2v) is 5.05. The van der Waals surface area contributed by atoms with E-state index in [1.165, 1.54) is 12.1 Å². The van der Waals surface area contributed by atoms with Gasteiger partial charge in [0.1, 0.15) is 5.82 Å². The van der Waals surface area contributed by atoms with Crippen molar-refractivity contribution >= 4 is 40.7 Å². The van der Waals surface area contributed by atoms with Gasteiger partial charge in [0.15, 0.2) is 0 Å². The second-order valence-electron chi connectivity index (χ2n) is 2.77. The van der Waals surface area contributed by atoms with E-state index in [0.717, 1.165) is 0 Å². The number of carbonyl (C=O) groups is 1. The van der Waals surface area contributed by atoms with Crippen molar-refractivity contribution in [1.82, 2.24) is 5.32 Å². The topological polar surface area (TPSA) is 29.1 Å². The third-order valence-electron chi connectivity index (χ3n) is 1.65. The number of halogens is 4. The Morgan fingerprint density at radius 3 is 2.47 bits per heavy atom. The lowest BCUT2D eigenvalue weighted by atomic mass is 10.2. The van der Waals surface area contributed by atoms with Gasteiger partial charge in [-0.1, -0.05) is 53.0 Å². The van der Waals surface area contributed by atoms with Crippen molar-refractivity contribution in [3.05, 3.63) is 35.6 Å². The number of amides is 1. The molecule has 0 aromatic heterocycles. The van der Waals surface area contributed by atoms with Crippen LogP contribution in [0.1, 0.15) is 5.56 Å². The van der Waals surface area contributed by atoms with Gasteiger partial charge in [0.2, 0.25) is 0 Å². The molecule has 0 heterocycles. The van der Waals surface area contributed by atoms with Gasteiger partial charge in [-0.2, -0.15) is 0 Å². The summed E-state index contributed by atoms with van der Waals surface area (Å²) in [7, 11) is 0. The van der Waals surface area contributed by atoms with E-state index in [2.05, 4.69) is 5.32 Å². The molecule has 1 amide bonds. The van der Waals surface area contributed by atoms with Crippen LogP contribution in [-0.2, 0) is 11.3 Å². The van der Waals surface area contributed by atoms with E-state index in [1.807, 2.05) is 0 Å². The maximum atomic E-state index is 13.1. The number of carbonyl (C=O) groups excluding carboxylic acids is 1. The minimum atomic E-state index is -2.02. The summed E-state index contributed by atoms with van der Waals surface area (Å²) in [4.78, 5) is 11.1. The molecule has 0 spiro atoms. The largest absolute Gasteiger partial charge is 0.348 e. The summed E-state index contributed by atoms with van der Waals surface area (Å²) in [5.41, 5.74) is 0.333. The number of rotatable bonds is 2. The Bertz CT molecular complexity index is 365. The van der Waals surface area contributed by atoms with Crippen LogP contribution in [0.5, 0.6) is 0 Å². The molecule has 0 saturated carbocycles. The highest BCUT2D eigenvalue weighted by Gasteiger charge is 2.30. The summed E-state index contributed by atoms with van der Waals surface area (Å²) in [6.45, 7) is -0.0145. The molecule has 0 aliphatic carbocycles. The van der Waals surface area contributed by atoms with Gasteiger partial charge in [0.05, 0.1) is 0 Å². The zero-order valence-corrected chi connectivity index (χ0v) is 9.70. The van der Waals surface area contributed by atoms with Gasteiger partial charge in [-0.15, -0.1) is 0 Å². The molecule has 0 radical (unpaired) electrons. The highest BCUT2D eigenvalue weighted by Crippen LogP contribution is 2.25. The van der Waals surface area contributed by atoms with E-state index >= 15 is 0 Å². The molecule has 82 valence electrons. The van der Waals surface area contributed by atoms with Gasteiger partial charge in [-0.05, 0) is 6.07 Å². The summed E-state index contributed by atoms with van der Waals surface area (Å²) in [5, 5.41) is 2.30. The van der Waals surface area contributed by atoms with E-state index in [9.17, 15) is 9.18 Å². The molecule has 1 aromatic carbocycles. The summed E-state index contributed by atoms with van der Waals surface area (Å²) in [6, 6.07) is 6.03. The van der Waals surface area contributed by atoms with Crippen molar-refractivity contribution in [2.45, 2.75) is 10.3 Å². The van der Waals surface area contributed by atoms with Crippen molar-refractivity contribution in [1.29, 1.82) is 0 Å². The van der Waals surface area contributed by atoms with Crippen LogP contribution in [-0.4, -0.2) is 9.70 Å². The van der Waals surface area contributed by atoms with E-state index in [-0.39, 0.29) is 6.54 Å². The fourth-order valence-electron chi connectivity index (χ4n) is 0.917. The van der Waals surface area contributed by atoms with Crippen LogP contribution >= 0.6 is 34.8 Å². The maximum absolute atomic E-state index is 13.1. The first-order valence-corrected chi connectivity index (χ1v) is 5.13.